The van der Waals surface area contributed by atoms with Crippen molar-refractivity contribution < 1.29 is 22.7 Å². The first-order valence-corrected chi connectivity index (χ1v) is 12.3. The second kappa shape index (κ2) is 7.10. The van der Waals surface area contributed by atoms with Gasteiger partial charge in [0, 0.05) is 42.9 Å². The van der Waals surface area contributed by atoms with E-state index in [0.29, 0.717) is 17.7 Å². The van der Waals surface area contributed by atoms with Crippen LogP contribution in [-0.4, -0.2) is 67.9 Å². The van der Waals surface area contributed by atoms with Crippen molar-refractivity contribution in [2.24, 2.45) is 10.8 Å². The molecule has 8 nitrogen and oxygen atoms in total. The summed E-state index contributed by atoms with van der Waals surface area (Å²) in [6.45, 7) is 3.10. The normalized spacial score (nSPS) is 25.1. The number of hydrogen-bond donors (Lipinski definition) is 0. The minimum absolute atomic E-state index is 0.0396. The summed E-state index contributed by atoms with van der Waals surface area (Å²) in [5, 5.41) is 4.66. The van der Waals surface area contributed by atoms with Crippen molar-refractivity contribution in [2.75, 3.05) is 26.2 Å². The maximum atomic E-state index is 12.9. The number of likely N-dealkylation sites (tertiary alicyclic amines) is 2. The Kier molecular flexibility index (Phi) is 4.35. The second-order valence-corrected chi connectivity index (χ2v) is 11.4. The van der Waals surface area contributed by atoms with E-state index in [0.717, 1.165) is 69.9 Å². The molecule has 5 fully saturated rings. The molecule has 3 saturated carbocycles. The predicted octanol–water partition coefficient (Wildman–Crippen LogP) is 3.87. The number of amides is 2. The number of nitrogens with zero attached hydrogens (tertiary/aromatic N) is 6. The molecule has 0 unspecified atom stereocenters. The number of carbonyl (C=O) groups excluding carboxylic acids is 1. The van der Waals surface area contributed by atoms with Gasteiger partial charge in [-0.3, -0.25) is 0 Å². The van der Waals surface area contributed by atoms with Crippen LogP contribution in [0.1, 0.15) is 62.0 Å². The summed E-state index contributed by atoms with van der Waals surface area (Å²) >= 11 is 0. The maximum Gasteiger partial charge on any atom is 0.433 e. The summed E-state index contributed by atoms with van der Waals surface area (Å²) in [6, 6.07) is 2.79. The zero-order valence-corrected chi connectivity index (χ0v) is 19.2. The lowest BCUT2D eigenvalue weighted by Gasteiger charge is -2.63. The number of pyridine rings is 1. The van der Waals surface area contributed by atoms with Gasteiger partial charge in [-0.1, -0.05) is 0 Å². The van der Waals surface area contributed by atoms with E-state index in [9.17, 15) is 18.0 Å². The molecule has 2 aromatic rings. The van der Waals surface area contributed by atoms with E-state index in [2.05, 4.69) is 15.1 Å². The summed E-state index contributed by atoms with van der Waals surface area (Å²) in [5.41, 5.74) is -0.579. The van der Waals surface area contributed by atoms with Gasteiger partial charge in [0.2, 0.25) is 0 Å². The van der Waals surface area contributed by atoms with Crippen molar-refractivity contribution >= 4 is 6.03 Å². The number of urea groups is 1. The molecule has 3 aliphatic carbocycles. The van der Waals surface area contributed by atoms with E-state index in [4.69, 9.17) is 4.74 Å². The SMILES string of the molecule is O=C(N1CC2(CC(Oc3ccc(C(F)(F)F)nc3)C2)C1)N1CC2(CC(n3cnc(C4CC4)n3)C2)C1. The third-order valence-electron chi connectivity index (χ3n) is 8.48. The average Bonchev–Trinajstić information content (AvgIpc) is 3.44. The fourth-order valence-electron chi connectivity index (χ4n) is 6.43. The van der Waals surface area contributed by atoms with Crippen LogP contribution in [0.4, 0.5) is 18.0 Å². The van der Waals surface area contributed by atoms with Gasteiger partial charge in [0.15, 0.2) is 5.82 Å². The van der Waals surface area contributed by atoms with Gasteiger partial charge in [-0.15, -0.1) is 0 Å². The van der Waals surface area contributed by atoms with Gasteiger partial charge in [0.05, 0.1) is 12.2 Å². The van der Waals surface area contributed by atoms with Crippen LogP contribution in [0, 0.1) is 10.8 Å². The number of aromatic nitrogens is 4. The van der Waals surface area contributed by atoms with Crippen molar-refractivity contribution in [3.8, 4) is 5.75 Å². The van der Waals surface area contributed by atoms with E-state index < -0.39 is 11.9 Å². The molecule has 2 aliphatic heterocycles. The fourth-order valence-corrected chi connectivity index (χ4v) is 6.43. The molecule has 7 rings (SSSR count). The number of hydrogen-bond acceptors (Lipinski definition) is 5. The van der Waals surface area contributed by atoms with Crippen LogP contribution in [-0.2, 0) is 6.18 Å². The lowest BCUT2D eigenvalue weighted by atomic mass is 9.60. The third kappa shape index (κ3) is 3.65. The predicted molar refractivity (Wildman–Crippen MR) is 117 cm³/mol. The molecular formula is C24H27F3N6O2. The lowest BCUT2D eigenvalue weighted by molar-refractivity contribution is -0.141. The molecule has 0 N–H and O–H groups in total. The zero-order chi connectivity index (χ0) is 24.0. The molecule has 0 radical (unpaired) electrons. The standard InChI is InChI=1S/C24H27F3N6O2/c25-24(26,27)19-4-3-17(9-28-19)35-18-7-23(8-18)12-32(13-23)21(34)31-10-22(11-31)5-16(6-22)33-14-29-20(30-33)15-1-2-15/h3-4,9,14-16,18H,1-2,5-8,10-13H2. The first-order chi connectivity index (χ1) is 16.7. The van der Waals surface area contributed by atoms with Crippen molar-refractivity contribution in [2.45, 2.75) is 62.8 Å². The highest BCUT2D eigenvalue weighted by atomic mass is 19.4. The first kappa shape index (κ1) is 21.4. The van der Waals surface area contributed by atoms with Crippen LogP contribution in [0.15, 0.2) is 24.7 Å². The fraction of sp³-hybridized carbons (Fsp3) is 0.667. The van der Waals surface area contributed by atoms with E-state index in [1.165, 1.54) is 18.9 Å². The van der Waals surface area contributed by atoms with Gasteiger partial charge in [-0.2, -0.15) is 18.3 Å². The minimum Gasteiger partial charge on any atom is -0.489 e. The maximum absolute atomic E-state index is 12.9. The van der Waals surface area contributed by atoms with Gasteiger partial charge in [0.1, 0.15) is 23.9 Å². The average molecular weight is 489 g/mol. The van der Waals surface area contributed by atoms with Crippen LogP contribution in [0.2, 0.25) is 0 Å². The smallest absolute Gasteiger partial charge is 0.433 e. The summed E-state index contributed by atoms with van der Waals surface area (Å²) in [6.07, 6.45) is 4.66. The van der Waals surface area contributed by atoms with E-state index >= 15 is 0 Å². The van der Waals surface area contributed by atoms with Crippen LogP contribution in [0.5, 0.6) is 5.75 Å². The lowest BCUT2D eigenvalue weighted by Crippen LogP contribution is -2.71. The number of ether oxygens (including phenoxy) is 1. The van der Waals surface area contributed by atoms with E-state index in [1.54, 1.807) is 0 Å². The molecule has 2 aromatic heterocycles. The second-order valence-electron chi connectivity index (χ2n) is 11.4. The highest BCUT2D eigenvalue weighted by molar-refractivity contribution is 5.77. The number of carbonyl (C=O) groups is 1. The molecule has 186 valence electrons. The molecule has 0 atom stereocenters. The highest BCUT2D eigenvalue weighted by Crippen LogP contribution is 2.55. The van der Waals surface area contributed by atoms with Gasteiger partial charge in [-0.05, 0) is 50.7 Å². The first-order valence-electron chi connectivity index (χ1n) is 12.3. The molecular weight excluding hydrogens is 461 g/mol. The van der Waals surface area contributed by atoms with Gasteiger partial charge < -0.3 is 14.5 Å². The Morgan fingerprint density at radius 1 is 0.971 bits per heavy atom. The highest BCUT2D eigenvalue weighted by Gasteiger charge is 2.59. The van der Waals surface area contributed by atoms with Crippen LogP contribution < -0.4 is 4.74 Å². The molecule has 35 heavy (non-hydrogen) atoms. The Morgan fingerprint density at radius 3 is 2.20 bits per heavy atom. The quantitative estimate of drug-likeness (QED) is 0.653. The molecule has 5 aliphatic rings. The van der Waals surface area contributed by atoms with Crippen molar-refractivity contribution in [3.63, 3.8) is 0 Å². The molecule has 2 saturated heterocycles. The van der Waals surface area contributed by atoms with E-state index in [-0.39, 0.29) is 23.0 Å². The summed E-state index contributed by atoms with van der Waals surface area (Å²) < 4.78 is 45.7. The third-order valence-corrected chi connectivity index (χ3v) is 8.48. The van der Waals surface area contributed by atoms with E-state index in [1.807, 2.05) is 20.8 Å². The number of rotatable bonds is 4. The van der Waals surface area contributed by atoms with Gasteiger partial charge in [-0.25, -0.2) is 19.4 Å². The van der Waals surface area contributed by atoms with Crippen LogP contribution in [0.25, 0.3) is 0 Å². The molecule has 0 aromatic carbocycles. The largest absolute Gasteiger partial charge is 0.489 e. The zero-order valence-electron chi connectivity index (χ0n) is 19.2. The Balaban J connectivity index is 0.840. The Bertz CT molecular complexity index is 1130. The molecule has 2 amide bonds. The van der Waals surface area contributed by atoms with Crippen LogP contribution in [0.3, 0.4) is 0 Å². The topological polar surface area (TPSA) is 76.4 Å². The Morgan fingerprint density at radius 2 is 1.63 bits per heavy atom. The summed E-state index contributed by atoms with van der Waals surface area (Å²) in [5.74, 6) is 1.91. The van der Waals surface area contributed by atoms with Gasteiger partial charge >= 0.3 is 12.2 Å². The van der Waals surface area contributed by atoms with Crippen LogP contribution >= 0.6 is 0 Å². The van der Waals surface area contributed by atoms with Crippen molar-refractivity contribution in [1.82, 2.24) is 29.5 Å². The minimum atomic E-state index is -4.45. The Hall–Kier alpha value is -2.85. The Labute approximate surface area is 200 Å². The molecule has 2 spiro atoms. The summed E-state index contributed by atoms with van der Waals surface area (Å²) in [7, 11) is 0. The van der Waals surface area contributed by atoms with Gasteiger partial charge in [0.25, 0.3) is 0 Å². The number of alkyl halides is 3. The van der Waals surface area contributed by atoms with Crippen molar-refractivity contribution in [1.29, 1.82) is 0 Å². The van der Waals surface area contributed by atoms with Crippen molar-refractivity contribution in [3.05, 3.63) is 36.2 Å². The molecule has 11 heteroatoms. The summed E-state index contributed by atoms with van der Waals surface area (Å²) in [4.78, 5) is 24.6. The molecule has 4 heterocycles. The molecule has 0 bridgehead atoms. The monoisotopic (exact) mass is 488 g/mol. The number of halogens is 3.